The van der Waals surface area contributed by atoms with E-state index in [2.05, 4.69) is 4.84 Å². The first-order valence-corrected chi connectivity index (χ1v) is 3.78. The van der Waals surface area contributed by atoms with Gasteiger partial charge in [-0.3, -0.25) is 9.63 Å². The Morgan fingerprint density at radius 1 is 1.64 bits per heavy atom. The van der Waals surface area contributed by atoms with Gasteiger partial charge in [-0.25, -0.2) is 10.3 Å². The van der Waals surface area contributed by atoms with Crippen molar-refractivity contribution in [2.75, 3.05) is 6.61 Å². The third-order valence-corrected chi connectivity index (χ3v) is 1.35. The van der Waals surface area contributed by atoms with Crippen molar-refractivity contribution in [1.29, 1.82) is 0 Å². The minimum Gasteiger partial charge on any atom is -0.479 e. The minimum absolute atomic E-state index is 0.285. The van der Waals surface area contributed by atoms with Crippen LogP contribution in [0.2, 0.25) is 0 Å². The summed E-state index contributed by atoms with van der Waals surface area (Å²) in [5, 5.41) is 8.21. The first-order valence-electron chi connectivity index (χ1n) is 3.78. The van der Waals surface area contributed by atoms with Crippen LogP contribution in [0.25, 0.3) is 0 Å². The number of carboxylic acid groups (broad SMARTS) is 1. The SMILES string of the molecule is Cc1cc(C(=O)NOCC(=O)O)co1. The summed E-state index contributed by atoms with van der Waals surface area (Å²) >= 11 is 0. The molecule has 6 nitrogen and oxygen atoms in total. The number of nitrogens with one attached hydrogen (secondary N) is 1. The molecule has 1 rings (SSSR count). The van der Waals surface area contributed by atoms with E-state index in [4.69, 9.17) is 9.52 Å². The molecule has 2 N–H and O–H groups in total. The molecular formula is C8H9NO5. The molecule has 0 spiro atoms. The Balaban J connectivity index is 2.39. The highest BCUT2D eigenvalue weighted by atomic mass is 16.7. The zero-order valence-corrected chi connectivity index (χ0v) is 7.44. The van der Waals surface area contributed by atoms with Crippen molar-refractivity contribution in [3.05, 3.63) is 23.7 Å². The van der Waals surface area contributed by atoms with Crippen molar-refractivity contribution in [3.63, 3.8) is 0 Å². The molecule has 0 bridgehead atoms. The molecule has 0 aliphatic heterocycles. The fourth-order valence-corrected chi connectivity index (χ4v) is 0.785. The van der Waals surface area contributed by atoms with E-state index in [0.717, 1.165) is 0 Å². The zero-order valence-electron chi connectivity index (χ0n) is 7.44. The van der Waals surface area contributed by atoms with Crippen molar-refractivity contribution < 1.29 is 24.0 Å². The molecule has 76 valence electrons. The summed E-state index contributed by atoms with van der Waals surface area (Å²) in [4.78, 5) is 25.6. The molecule has 1 heterocycles. The molecule has 0 aliphatic rings. The maximum Gasteiger partial charge on any atom is 0.332 e. The van der Waals surface area contributed by atoms with Gasteiger partial charge in [0.1, 0.15) is 12.0 Å². The lowest BCUT2D eigenvalue weighted by atomic mass is 10.3. The number of aryl methyl sites for hydroxylation is 1. The van der Waals surface area contributed by atoms with E-state index in [1.54, 1.807) is 6.92 Å². The van der Waals surface area contributed by atoms with E-state index in [1.807, 2.05) is 5.48 Å². The lowest BCUT2D eigenvalue weighted by Crippen LogP contribution is -2.26. The lowest BCUT2D eigenvalue weighted by molar-refractivity contribution is -0.144. The highest BCUT2D eigenvalue weighted by Crippen LogP contribution is 2.05. The van der Waals surface area contributed by atoms with Crippen LogP contribution in [0.3, 0.4) is 0 Å². The van der Waals surface area contributed by atoms with E-state index in [1.165, 1.54) is 12.3 Å². The molecule has 14 heavy (non-hydrogen) atoms. The number of carboxylic acids is 1. The lowest BCUT2D eigenvalue weighted by Gasteiger charge is -2.00. The molecule has 0 fully saturated rings. The van der Waals surface area contributed by atoms with Gasteiger partial charge in [0.05, 0.1) is 5.56 Å². The smallest absolute Gasteiger partial charge is 0.332 e. The van der Waals surface area contributed by atoms with E-state index >= 15 is 0 Å². The average Bonchev–Trinajstić information content (AvgIpc) is 2.51. The summed E-state index contributed by atoms with van der Waals surface area (Å²) in [6, 6.07) is 1.51. The Kier molecular flexibility index (Phi) is 3.24. The van der Waals surface area contributed by atoms with Gasteiger partial charge in [-0.05, 0) is 13.0 Å². The molecule has 0 atom stereocenters. The summed E-state index contributed by atoms with van der Waals surface area (Å²) in [5.74, 6) is -1.11. The Hall–Kier alpha value is -1.82. The number of aliphatic carboxylic acids is 1. The Bertz CT molecular complexity index is 343. The standard InChI is InChI=1S/C8H9NO5/c1-5-2-6(3-13-5)8(12)9-14-4-7(10)11/h2-3H,4H2,1H3,(H,9,12)(H,10,11). The summed E-state index contributed by atoms with van der Waals surface area (Å²) in [6.07, 6.45) is 1.26. The maximum atomic E-state index is 11.2. The number of rotatable bonds is 4. The van der Waals surface area contributed by atoms with E-state index < -0.39 is 18.5 Å². The van der Waals surface area contributed by atoms with Crippen LogP contribution < -0.4 is 5.48 Å². The highest BCUT2D eigenvalue weighted by molar-refractivity contribution is 5.93. The number of carbonyl (C=O) groups excluding carboxylic acids is 1. The molecule has 0 saturated carbocycles. The average molecular weight is 199 g/mol. The molecule has 1 amide bonds. The number of furan rings is 1. The van der Waals surface area contributed by atoms with Gasteiger partial charge >= 0.3 is 5.97 Å². The van der Waals surface area contributed by atoms with Crippen LogP contribution >= 0.6 is 0 Å². The van der Waals surface area contributed by atoms with Crippen molar-refractivity contribution in [1.82, 2.24) is 5.48 Å². The number of amides is 1. The minimum atomic E-state index is -1.16. The summed E-state index contributed by atoms with van der Waals surface area (Å²) < 4.78 is 4.88. The normalized spacial score (nSPS) is 9.79. The molecule has 0 saturated heterocycles. The third-order valence-electron chi connectivity index (χ3n) is 1.35. The molecule has 0 aromatic carbocycles. The molecular weight excluding hydrogens is 190 g/mol. The molecule has 6 heteroatoms. The highest BCUT2D eigenvalue weighted by Gasteiger charge is 2.08. The van der Waals surface area contributed by atoms with Gasteiger partial charge in [0.25, 0.3) is 5.91 Å². The molecule has 1 aromatic heterocycles. The first-order chi connectivity index (χ1) is 6.59. The van der Waals surface area contributed by atoms with Crippen molar-refractivity contribution in [2.45, 2.75) is 6.92 Å². The Morgan fingerprint density at radius 3 is 2.86 bits per heavy atom. The topological polar surface area (TPSA) is 88.8 Å². The number of carbonyl (C=O) groups is 2. The van der Waals surface area contributed by atoms with Gasteiger partial charge in [0, 0.05) is 0 Å². The fourth-order valence-electron chi connectivity index (χ4n) is 0.785. The van der Waals surface area contributed by atoms with Gasteiger partial charge in [0.2, 0.25) is 0 Å². The van der Waals surface area contributed by atoms with Crippen LogP contribution in [0.4, 0.5) is 0 Å². The van der Waals surface area contributed by atoms with E-state index in [0.29, 0.717) is 5.76 Å². The number of hydrogen-bond acceptors (Lipinski definition) is 4. The maximum absolute atomic E-state index is 11.2. The van der Waals surface area contributed by atoms with Gasteiger partial charge in [0.15, 0.2) is 6.61 Å². The first kappa shape index (κ1) is 10.3. The quantitative estimate of drug-likeness (QED) is 0.682. The summed E-state index contributed by atoms with van der Waals surface area (Å²) in [6.45, 7) is 1.11. The largest absolute Gasteiger partial charge is 0.479 e. The van der Waals surface area contributed by atoms with Crippen molar-refractivity contribution >= 4 is 11.9 Å². The second-order valence-electron chi connectivity index (χ2n) is 2.56. The number of hydroxylamine groups is 1. The number of hydrogen-bond donors (Lipinski definition) is 2. The van der Waals surface area contributed by atoms with Crippen molar-refractivity contribution in [2.24, 2.45) is 0 Å². The monoisotopic (exact) mass is 199 g/mol. The van der Waals surface area contributed by atoms with Crippen LogP contribution in [0, 0.1) is 6.92 Å². The molecule has 0 radical (unpaired) electrons. The van der Waals surface area contributed by atoms with E-state index in [-0.39, 0.29) is 5.56 Å². The van der Waals surface area contributed by atoms with Gasteiger partial charge < -0.3 is 9.52 Å². The van der Waals surface area contributed by atoms with Gasteiger partial charge in [-0.1, -0.05) is 0 Å². The van der Waals surface area contributed by atoms with Crippen LogP contribution in [0.1, 0.15) is 16.1 Å². The predicted octanol–water partition coefficient (Wildman–Crippen LogP) is 0.334. The summed E-state index contributed by atoms with van der Waals surface area (Å²) in [7, 11) is 0. The third kappa shape index (κ3) is 2.91. The van der Waals surface area contributed by atoms with Crippen LogP contribution in [0.5, 0.6) is 0 Å². The Labute approximate surface area is 79.4 Å². The second-order valence-corrected chi connectivity index (χ2v) is 2.56. The van der Waals surface area contributed by atoms with Gasteiger partial charge in [-0.2, -0.15) is 0 Å². The van der Waals surface area contributed by atoms with Gasteiger partial charge in [-0.15, -0.1) is 0 Å². The fraction of sp³-hybridized carbons (Fsp3) is 0.250. The second kappa shape index (κ2) is 4.43. The van der Waals surface area contributed by atoms with Crippen molar-refractivity contribution in [3.8, 4) is 0 Å². The van der Waals surface area contributed by atoms with Crippen LogP contribution in [-0.4, -0.2) is 23.6 Å². The van der Waals surface area contributed by atoms with E-state index in [9.17, 15) is 9.59 Å². The Morgan fingerprint density at radius 2 is 2.36 bits per heavy atom. The summed E-state index contributed by atoms with van der Waals surface area (Å²) in [5.41, 5.74) is 2.25. The molecule has 0 unspecified atom stereocenters. The molecule has 0 aliphatic carbocycles. The van der Waals surface area contributed by atoms with Crippen LogP contribution in [0.15, 0.2) is 16.7 Å². The zero-order chi connectivity index (χ0) is 10.6. The van der Waals surface area contributed by atoms with Crippen LogP contribution in [-0.2, 0) is 9.63 Å². The predicted molar refractivity (Wildman–Crippen MR) is 44.5 cm³/mol. The molecule has 1 aromatic rings.